The van der Waals surface area contributed by atoms with Gasteiger partial charge in [-0.25, -0.2) is 0 Å². The molecule has 6 nitrogen and oxygen atoms in total. The minimum absolute atomic E-state index is 0.337. The van der Waals surface area contributed by atoms with E-state index in [-0.39, 0.29) is 0 Å². The molecule has 0 spiro atoms. The van der Waals surface area contributed by atoms with Crippen LogP contribution < -0.4 is 0 Å². The van der Waals surface area contributed by atoms with Crippen molar-refractivity contribution in [2.45, 2.75) is 111 Å². The fourth-order valence-electron chi connectivity index (χ4n) is 2.11. The number of carbonyl (C=O) groups is 3. The largest absolute Gasteiger partial charge is 0.481 e. The van der Waals surface area contributed by atoms with Crippen LogP contribution in [0.2, 0.25) is 0 Å². The van der Waals surface area contributed by atoms with Crippen molar-refractivity contribution in [3.8, 4) is 0 Å². The Kier molecular flexibility index (Phi) is 28.8. The van der Waals surface area contributed by atoms with E-state index in [0.717, 1.165) is 32.6 Å². The Morgan fingerprint density at radius 3 is 1.00 bits per heavy atom. The van der Waals surface area contributed by atoms with E-state index in [1.165, 1.54) is 51.4 Å². The molecule has 0 aliphatic heterocycles. The Morgan fingerprint density at radius 1 is 0.538 bits per heavy atom. The third kappa shape index (κ3) is 49.5. The summed E-state index contributed by atoms with van der Waals surface area (Å²) in [5.41, 5.74) is 0. The summed E-state index contributed by atoms with van der Waals surface area (Å²) in [5, 5.41) is 24.0. The van der Waals surface area contributed by atoms with Crippen LogP contribution in [0.1, 0.15) is 111 Å². The lowest BCUT2D eigenvalue weighted by molar-refractivity contribution is -0.138. The highest BCUT2D eigenvalue weighted by Crippen LogP contribution is 2.08. The number of aliphatic carboxylic acids is 3. The van der Waals surface area contributed by atoms with Crippen LogP contribution >= 0.6 is 0 Å². The first-order chi connectivity index (χ1) is 12.3. The lowest BCUT2D eigenvalue weighted by Gasteiger charge is -1.98. The van der Waals surface area contributed by atoms with Crippen molar-refractivity contribution in [3.05, 3.63) is 0 Å². The van der Waals surface area contributed by atoms with Crippen molar-refractivity contribution >= 4 is 17.9 Å². The molecule has 0 heterocycles. The molecule has 0 rings (SSSR count). The van der Waals surface area contributed by atoms with Gasteiger partial charge in [0, 0.05) is 19.8 Å². The van der Waals surface area contributed by atoms with Crippen LogP contribution in [0.25, 0.3) is 0 Å². The zero-order valence-corrected chi connectivity index (χ0v) is 17.0. The van der Waals surface area contributed by atoms with Gasteiger partial charge in [-0.15, -0.1) is 0 Å². The standard InChI is InChI=1S/C10H20O2.C8H16O2.C2H4O2/c1-2-3-4-5-6-7-8-9-10(11)12;1-2-3-4-5-6-7-8(9)10;1-2(3)4/h2-9H2,1H3,(H,11,12);2-7H2,1H3,(H,9,10);1H3,(H,3,4). The number of hydrogen-bond acceptors (Lipinski definition) is 3. The molecular formula is C20H40O6. The average molecular weight is 377 g/mol. The minimum Gasteiger partial charge on any atom is -0.481 e. The third-order valence-electron chi connectivity index (χ3n) is 3.49. The van der Waals surface area contributed by atoms with Gasteiger partial charge in [-0.3, -0.25) is 14.4 Å². The summed E-state index contributed by atoms with van der Waals surface area (Å²) in [5.74, 6) is -2.17. The van der Waals surface area contributed by atoms with Gasteiger partial charge in [0.15, 0.2) is 0 Å². The summed E-state index contributed by atoms with van der Waals surface area (Å²) in [6, 6.07) is 0. The number of carboxylic acids is 3. The molecule has 6 heteroatoms. The first kappa shape index (κ1) is 29.2. The van der Waals surface area contributed by atoms with Gasteiger partial charge in [0.25, 0.3) is 5.97 Å². The second-order valence-electron chi connectivity index (χ2n) is 6.34. The summed E-state index contributed by atoms with van der Waals surface area (Å²) < 4.78 is 0. The van der Waals surface area contributed by atoms with Crippen molar-refractivity contribution < 1.29 is 29.7 Å². The Balaban J connectivity index is -0.000000341. The van der Waals surface area contributed by atoms with Crippen molar-refractivity contribution in [2.24, 2.45) is 0 Å². The van der Waals surface area contributed by atoms with E-state index in [0.29, 0.717) is 12.8 Å². The Hall–Kier alpha value is -1.59. The second kappa shape index (κ2) is 25.6. The van der Waals surface area contributed by atoms with E-state index < -0.39 is 17.9 Å². The van der Waals surface area contributed by atoms with Gasteiger partial charge in [0.1, 0.15) is 0 Å². The van der Waals surface area contributed by atoms with Gasteiger partial charge >= 0.3 is 11.9 Å². The monoisotopic (exact) mass is 376 g/mol. The van der Waals surface area contributed by atoms with Gasteiger partial charge in [0.2, 0.25) is 0 Å². The first-order valence-electron chi connectivity index (χ1n) is 9.90. The maximum atomic E-state index is 10.1. The molecule has 0 bridgehead atoms. The van der Waals surface area contributed by atoms with E-state index >= 15 is 0 Å². The quantitative estimate of drug-likeness (QED) is 0.334. The Bertz CT molecular complexity index is 324. The van der Waals surface area contributed by atoms with Crippen LogP contribution in [-0.4, -0.2) is 33.2 Å². The molecule has 0 aromatic heterocycles. The van der Waals surface area contributed by atoms with Gasteiger partial charge in [0.05, 0.1) is 0 Å². The highest BCUT2D eigenvalue weighted by Gasteiger charge is 1.96. The fraction of sp³-hybridized carbons (Fsp3) is 0.850. The SMILES string of the molecule is CC(=O)O.CCCCCCCC(=O)O.CCCCCCCCCC(=O)O. The molecule has 0 unspecified atom stereocenters. The molecule has 3 N–H and O–H groups in total. The van der Waals surface area contributed by atoms with E-state index in [4.69, 9.17) is 20.1 Å². The van der Waals surface area contributed by atoms with E-state index in [1.807, 2.05) is 0 Å². The molecule has 0 saturated carbocycles. The number of hydrogen-bond donors (Lipinski definition) is 3. The van der Waals surface area contributed by atoms with Crippen molar-refractivity contribution in [3.63, 3.8) is 0 Å². The van der Waals surface area contributed by atoms with Gasteiger partial charge < -0.3 is 15.3 Å². The molecule has 0 saturated heterocycles. The van der Waals surface area contributed by atoms with Gasteiger partial charge in [-0.1, -0.05) is 78.1 Å². The lowest BCUT2D eigenvalue weighted by atomic mass is 10.1. The molecule has 156 valence electrons. The predicted octanol–water partition coefficient (Wildman–Crippen LogP) is 5.73. The molecule has 0 aliphatic rings. The molecular weight excluding hydrogens is 336 g/mol. The van der Waals surface area contributed by atoms with Crippen LogP contribution in [0.15, 0.2) is 0 Å². The smallest absolute Gasteiger partial charge is 0.303 e. The minimum atomic E-state index is -0.833. The predicted molar refractivity (Wildman–Crippen MR) is 105 cm³/mol. The van der Waals surface area contributed by atoms with Crippen LogP contribution in [0.4, 0.5) is 0 Å². The summed E-state index contributed by atoms with van der Waals surface area (Å²) in [4.78, 5) is 29.2. The maximum absolute atomic E-state index is 10.1. The van der Waals surface area contributed by atoms with Gasteiger partial charge in [-0.2, -0.15) is 0 Å². The molecule has 0 amide bonds. The molecule has 0 aliphatic carbocycles. The van der Waals surface area contributed by atoms with E-state index in [9.17, 15) is 9.59 Å². The Labute approximate surface area is 159 Å². The highest BCUT2D eigenvalue weighted by molar-refractivity contribution is 5.66. The maximum Gasteiger partial charge on any atom is 0.303 e. The average Bonchev–Trinajstić information content (AvgIpc) is 2.53. The van der Waals surface area contributed by atoms with Gasteiger partial charge in [-0.05, 0) is 12.8 Å². The summed E-state index contributed by atoms with van der Waals surface area (Å²) in [7, 11) is 0. The fourth-order valence-corrected chi connectivity index (χ4v) is 2.11. The molecule has 0 aromatic rings. The van der Waals surface area contributed by atoms with Crippen LogP contribution in [0, 0.1) is 0 Å². The van der Waals surface area contributed by atoms with E-state index in [2.05, 4.69) is 13.8 Å². The van der Waals surface area contributed by atoms with Crippen LogP contribution in [0.5, 0.6) is 0 Å². The summed E-state index contributed by atoms with van der Waals surface area (Å²) >= 11 is 0. The zero-order chi connectivity index (χ0) is 20.6. The topological polar surface area (TPSA) is 112 Å². The summed E-state index contributed by atoms with van der Waals surface area (Å²) in [6.07, 6.45) is 14.5. The molecule has 0 fully saturated rings. The lowest BCUT2D eigenvalue weighted by Crippen LogP contribution is -1.93. The van der Waals surface area contributed by atoms with Crippen LogP contribution in [-0.2, 0) is 14.4 Å². The number of rotatable bonds is 14. The van der Waals surface area contributed by atoms with Crippen molar-refractivity contribution in [1.29, 1.82) is 0 Å². The molecule has 0 radical (unpaired) electrons. The zero-order valence-electron chi connectivity index (χ0n) is 17.0. The normalized spacial score (nSPS) is 9.35. The number of unbranched alkanes of at least 4 members (excludes halogenated alkanes) is 10. The summed E-state index contributed by atoms with van der Waals surface area (Å²) in [6.45, 7) is 5.43. The first-order valence-corrected chi connectivity index (χ1v) is 9.90. The van der Waals surface area contributed by atoms with Crippen molar-refractivity contribution in [1.82, 2.24) is 0 Å². The molecule has 0 aromatic carbocycles. The third-order valence-corrected chi connectivity index (χ3v) is 3.49. The number of carboxylic acid groups (broad SMARTS) is 3. The molecule has 26 heavy (non-hydrogen) atoms. The highest BCUT2D eigenvalue weighted by atomic mass is 16.4. The molecule has 0 atom stereocenters. The van der Waals surface area contributed by atoms with E-state index in [1.54, 1.807) is 0 Å². The van der Waals surface area contributed by atoms with Crippen molar-refractivity contribution in [2.75, 3.05) is 0 Å². The second-order valence-corrected chi connectivity index (χ2v) is 6.34. The van der Waals surface area contributed by atoms with Crippen LogP contribution in [0.3, 0.4) is 0 Å². The Morgan fingerprint density at radius 2 is 0.769 bits per heavy atom.